The Morgan fingerprint density at radius 1 is 0.800 bits per heavy atom. The van der Waals surface area contributed by atoms with Gasteiger partial charge in [-0.2, -0.15) is 10.2 Å². The Kier molecular flexibility index (Phi) is 24.4. The van der Waals surface area contributed by atoms with Gasteiger partial charge in [-0.15, -0.1) is 0 Å². The van der Waals surface area contributed by atoms with Gasteiger partial charge < -0.3 is 54.1 Å². The third kappa shape index (κ3) is 17.1. The number of nitrogens with zero attached hydrogens (tertiary/aromatic N) is 6. The Balaban J connectivity index is 0.671. The van der Waals surface area contributed by atoms with Crippen LogP contribution in [0.4, 0.5) is 24.9 Å². The number of Topliss-reactive ketones (excluding diaryl/α,β-unsaturated/α-hetero) is 2. The number of piperazine rings is 1. The van der Waals surface area contributed by atoms with Crippen LogP contribution in [0.3, 0.4) is 0 Å². The number of aromatic nitrogens is 2. The van der Waals surface area contributed by atoms with Crippen LogP contribution in [0.5, 0.6) is 11.5 Å². The summed E-state index contributed by atoms with van der Waals surface area (Å²) in [6, 6.07) is 25.6. The first-order chi connectivity index (χ1) is 45.5. The number of hydrogen-bond acceptors (Lipinski definition) is 16. The van der Waals surface area contributed by atoms with Crippen LogP contribution < -0.4 is 20.3 Å². The molecular formula is C71H78Cl3F3N8O10. The van der Waals surface area contributed by atoms with Crippen molar-refractivity contribution >= 4 is 91.6 Å². The largest absolute Gasteiger partial charge is 0.508 e. The van der Waals surface area contributed by atoms with E-state index < -0.39 is 52.1 Å². The zero-order valence-corrected chi connectivity index (χ0v) is 56.2. The van der Waals surface area contributed by atoms with Gasteiger partial charge in [0.25, 0.3) is 0 Å². The van der Waals surface area contributed by atoms with E-state index in [9.17, 15) is 29.5 Å². The normalized spacial score (nSPS) is 17.3. The lowest BCUT2D eigenvalue weighted by atomic mass is 9.62. The average Bonchev–Trinajstić information content (AvgIpc) is 1.17. The first kappa shape index (κ1) is 71.6. The van der Waals surface area contributed by atoms with Gasteiger partial charge in [0.2, 0.25) is 17.8 Å². The van der Waals surface area contributed by atoms with Gasteiger partial charge in [-0.1, -0.05) is 110 Å². The molecule has 2 saturated heterocycles. The summed E-state index contributed by atoms with van der Waals surface area (Å²) in [4.78, 5) is 68.0. The zero-order valence-electron chi connectivity index (χ0n) is 54.0. The molecule has 24 heteroatoms. The first-order valence-corrected chi connectivity index (χ1v) is 32.7. The molecule has 0 saturated carbocycles. The Morgan fingerprint density at radius 3 is 2.17 bits per heavy atom. The Hall–Kier alpha value is -7.65. The molecule has 504 valence electrons. The number of ether oxygens (including phenoxy) is 5. The number of phenolic OH excluding ortho intramolecular Hbond substituents is 1. The minimum atomic E-state index is -1.79. The van der Waals surface area contributed by atoms with Gasteiger partial charge in [-0.25, -0.2) is 18.2 Å². The van der Waals surface area contributed by atoms with Crippen LogP contribution in [0.2, 0.25) is 15.1 Å². The van der Waals surface area contributed by atoms with Crippen molar-refractivity contribution in [2.75, 3.05) is 116 Å². The van der Waals surface area contributed by atoms with Crippen LogP contribution in [0.15, 0.2) is 97.1 Å². The van der Waals surface area contributed by atoms with Gasteiger partial charge >= 0.3 is 0 Å². The SMILES string of the molecule is COc1cc(C(=O)CCCOCCOCCOCCOCCN(C)C(=O)CCNc2nc(N3CCN(C(C)=O)CC3)c3cc(Cl)c(-c4cc(O)cc5ccccc45)c(F)c3n2)ccc1CC(=O)[C@@H]1N[C@@H](CC(C)(C)C)[C@](C#N)(c2ccc(Cl)cc2F)[C@H]1c1cccc(Cl)c1F. The van der Waals surface area contributed by atoms with Gasteiger partial charge in [0.15, 0.2) is 17.4 Å². The fraction of sp³-hybridized carbons (Fsp3) is 0.423. The average molecular weight is 1370 g/mol. The monoisotopic (exact) mass is 1360 g/mol. The zero-order chi connectivity index (χ0) is 68.1. The molecule has 0 bridgehead atoms. The standard InChI is InChI=1S/C71H78Cl3F3N8O10/c1-43(86)84-22-24-85(25-23-84)68-52-40-55(74)62(51-39-48(87)35-44-11-7-8-12-49(44)51)65(77)66(52)81-69(82-68)79-21-20-61(90)83(5)26-28-93-30-32-95-34-33-94-31-29-92-27-10-15-57(88)45-16-17-46(59(37-45)91-6)36-58(89)67-63(50-13-9-14-54(73)64(50)76)71(42-78,60(80-67)41-70(2,3)4)53-19-18-47(72)38-56(53)75/h7-9,11-14,16-19,35,37-40,60,63,67,80,87H,10,15,20-34,36,41H2,1-6H3,(H,79,81,82)/t60-,63-,67-,71-/m0/s1. The molecule has 2 fully saturated rings. The van der Waals surface area contributed by atoms with Crippen molar-refractivity contribution in [2.45, 2.75) is 83.2 Å². The number of methoxy groups -OCH3 is 1. The van der Waals surface area contributed by atoms with Crippen LogP contribution in [0.25, 0.3) is 32.8 Å². The number of likely N-dealkylation sites (N-methyl/N-ethyl adjacent to an activating group) is 1. The molecule has 0 radical (unpaired) electrons. The highest BCUT2D eigenvalue weighted by Crippen LogP contribution is 2.53. The molecule has 2 amide bonds. The number of anilines is 2. The van der Waals surface area contributed by atoms with E-state index in [1.54, 1.807) is 47.2 Å². The summed E-state index contributed by atoms with van der Waals surface area (Å²) in [7, 11) is 3.10. The van der Waals surface area contributed by atoms with Gasteiger partial charge in [0.1, 0.15) is 39.9 Å². The summed E-state index contributed by atoms with van der Waals surface area (Å²) in [6.07, 6.45) is 0.773. The lowest BCUT2D eigenvalue weighted by Crippen LogP contribution is -2.48. The molecule has 3 heterocycles. The maximum atomic E-state index is 17.0. The van der Waals surface area contributed by atoms with Crippen LogP contribution in [-0.4, -0.2) is 167 Å². The minimum Gasteiger partial charge on any atom is -0.508 e. The van der Waals surface area contributed by atoms with E-state index in [0.717, 1.165) is 6.07 Å². The number of benzene rings is 6. The smallest absolute Gasteiger partial charge is 0.225 e. The number of rotatable bonds is 30. The maximum absolute atomic E-state index is 17.0. The number of ketones is 2. The summed E-state index contributed by atoms with van der Waals surface area (Å²) in [6.45, 7) is 12.1. The van der Waals surface area contributed by atoms with E-state index in [0.29, 0.717) is 130 Å². The Labute approximate surface area is 565 Å². The molecule has 95 heavy (non-hydrogen) atoms. The van der Waals surface area contributed by atoms with Gasteiger partial charge in [0.05, 0.1) is 75.5 Å². The molecule has 4 atom stereocenters. The number of aromatic hydroxyl groups is 1. The number of nitrogens with one attached hydrogen (secondary N) is 2. The number of halogens is 6. The highest BCUT2D eigenvalue weighted by atomic mass is 35.5. The number of phenols is 1. The first-order valence-electron chi connectivity index (χ1n) is 31.5. The summed E-state index contributed by atoms with van der Waals surface area (Å²) < 4.78 is 77.7. The number of amides is 2. The fourth-order valence-corrected chi connectivity index (χ4v) is 13.1. The van der Waals surface area contributed by atoms with E-state index in [1.807, 2.05) is 49.9 Å². The second-order valence-electron chi connectivity index (χ2n) is 24.8. The second-order valence-corrected chi connectivity index (χ2v) is 26.1. The molecule has 0 aliphatic carbocycles. The molecule has 2 aliphatic heterocycles. The lowest BCUT2D eigenvalue weighted by Gasteiger charge is -2.37. The minimum absolute atomic E-state index is 0.00293. The molecule has 0 unspecified atom stereocenters. The van der Waals surface area contributed by atoms with Crippen molar-refractivity contribution in [1.82, 2.24) is 25.1 Å². The number of carbonyl (C=O) groups excluding carboxylic acids is 4. The summed E-state index contributed by atoms with van der Waals surface area (Å²) >= 11 is 19.4. The topological polar surface area (TPSA) is 218 Å². The molecule has 18 nitrogen and oxygen atoms in total. The van der Waals surface area contributed by atoms with E-state index in [-0.39, 0.29) is 105 Å². The molecular weight excluding hydrogens is 1290 g/mol. The van der Waals surface area contributed by atoms with E-state index in [2.05, 4.69) is 21.7 Å². The summed E-state index contributed by atoms with van der Waals surface area (Å²) in [5.41, 5.74) is -0.941. The van der Waals surface area contributed by atoms with Crippen molar-refractivity contribution in [3.63, 3.8) is 0 Å². The molecule has 3 N–H and O–H groups in total. The van der Waals surface area contributed by atoms with Crippen molar-refractivity contribution in [2.24, 2.45) is 5.41 Å². The second kappa shape index (κ2) is 32.4. The predicted octanol–water partition coefficient (Wildman–Crippen LogP) is 12.3. The van der Waals surface area contributed by atoms with E-state index in [1.165, 1.54) is 50.4 Å². The predicted molar refractivity (Wildman–Crippen MR) is 361 cm³/mol. The summed E-state index contributed by atoms with van der Waals surface area (Å²) in [5, 5.41) is 30.1. The van der Waals surface area contributed by atoms with Gasteiger partial charge in [-0.05, 0) is 82.6 Å². The van der Waals surface area contributed by atoms with E-state index in [4.69, 9.17) is 63.5 Å². The van der Waals surface area contributed by atoms with Crippen molar-refractivity contribution in [1.29, 1.82) is 5.26 Å². The van der Waals surface area contributed by atoms with Crippen LogP contribution in [0, 0.1) is 34.2 Å². The maximum Gasteiger partial charge on any atom is 0.225 e. The molecule has 6 aromatic carbocycles. The van der Waals surface area contributed by atoms with Gasteiger partial charge in [-0.3, -0.25) is 19.2 Å². The fourth-order valence-electron chi connectivity index (χ4n) is 12.5. The number of hydrogen-bond donors (Lipinski definition) is 3. The Bertz CT molecular complexity index is 3980. The van der Waals surface area contributed by atoms with Crippen LogP contribution >= 0.6 is 34.8 Å². The molecule has 1 aromatic heterocycles. The van der Waals surface area contributed by atoms with Gasteiger partial charge in [0, 0.05) is 124 Å². The highest BCUT2D eigenvalue weighted by molar-refractivity contribution is 6.35. The van der Waals surface area contributed by atoms with E-state index >= 15 is 13.2 Å². The number of carbonyl (C=O) groups is 4. The molecule has 2 aliphatic rings. The summed E-state index contributed by atoms with van der Waals surface area (Å²) in [5.74, 6) is -3.52. The number of fused-ring (bicyclic) bond motifs is 2. The molecule has 0 spiro atoms. The van der Waals surface area contributed by atoms with Crippen molar-refractivity contribution in [3.05, 3.63) is 152 Å². The van der Waals surface area contributed by atoms with Crippen molar-refractivity contribution in [3.8, 4) is 28.7 Å². The third-order valence-electron chi connectivity index (χ3n) is 17.2. The lowest BCUT2D eigenvalue weighted by molar-refractivity contribution is -0.130. The molecule has 7 aromatic rings. The van der Waals surface area contributed by atoms with Crippen molar-refractivity contribution < 1.29 is 61.1 Å². The Morgan fingerprint density at radius 2 is 1.49 bits per heavy atom. The van der Waals surface area contributed by atoms with Crippen LogP contribution in [0.1, 0.15) is 86.3 Å². The van der Waals surface area contributed by atoms with Crippen LogP contribution in [-0.2, 0) is 45.2 Å². The highest BCUT2D eigenvalue weighted by Gasteiger charge is 2.61. The number of nitriles is 1. The molecule has 9 rings (SSSR count). The third-order valence-corrected chi connectivity index (χ3v) is 18.0. The quantitative estimate of drug-likeness (QED) is 0.0282.